The molecule has 1 rings (SSSR count). The van der Waals surface area contributed by atoms with Gasteiger partial charge in [0, 0.05) is 18.7 Å². The van der Waals surface area contributed by atoms with E-state index in [0.717, 1.165) is 5.69 Å². The second-order valence-corrected chi connectivity index (χ2v) is 5.33. The zero-order valence-electron chi connectivity index (χ0n) is 12.3. The molecule has 0 fully saturated rings. The summed E-state index contributed by atoms with van der Waals surface area (Å²) in [5, 5.41) is 0. The smallest absolute Gasteiger partial charge is 0.266 e. The van der Waals surface area contributed by atoms with E-state index < -0.39 is 0 Å². The van der Waals surface area contributed by atoms with Crippen molar-refractivity contribution < 1.29 is 14.2 Å². The second-order valence-electron chi connectivity index (χ2n) is 5.33. The Morgan fingerprint density at radius 2 is 1.85 bits per heavy atom. The molecular weight excluding hydrogens is 254 g/mol. The highest BCUT2D eigenvalue weighted by molar-refractivity contribution is 6.01. The van der Waals surface area contributed by atoms with Crippen LogP contribution in [0, 0.1) is 0 Å². The lowest BCUT2D eigenvalue weighted by molar-refractivity contribution is -0.906. The molecule has 0 saturated heterocycles. The van der Waals surface area contributed by atoms with Gasteiger partial charge in [-0.15, -0.1) is 0 Å². The summed E-state index contributed by atoms with van der Waals surface area (Å²) in [6.45, 7) is 3.82. The minimum absolute atomic E-state index is 0.102. The lowest BCUT2D eigenvalue weighted by atomic mass is 10.2. The summed E-state index contributed by atoms with van der Waals surface area (Å²) in [5.74, 6) is -0.315. The summed E-state index contributed by atoms with van der Waals surface area (Å²) in [4.78, 5) is 25.2. The summed E-state index contributed by atoms with van der Waals surface area (Å²) in [6, 6.07) is 9.25. The number of amides is 2. The summed E-state index contributed by atoms with van der Waals surface area (Å²) in [5.41, 5.74) is 3.58. The van der Waals surface area contributed by atoms with Gasteiger partial charge in [-0.25, -0.2) is 10.0 Å². The first-order chi connectivity index (χ1) is 9.33. The van der Waals surface area contributed by atoms with Crippen molar-refractivity contribution in [1.29, 1.82) is 0 Å². The van der Waals surface area contributed by atoms with Crippen LogP contribution in [0.3, 0.4) is 0 Å². The molecule has 0 aliphatic carbocycles. The average Bonchev–Trinajstić information content (AvgIpc) is 2.37. The predicted molar refractivity (Wildman–Crippen MR) is 79.8 cm³/mol. The summed E-state index contributed by atoms with van der Waals surface area (Å²) >= 11 is 0. The minimum atomic E-state index is -0.214. The molecule has 0 radical (unpaired) electrons. The summed E-state index contributed by atoms with van der Waals surface area (Å²) < 4.78 is 0.347. The Morgan fingerprint density at radius 1 is 1.25 bits per heavy atom. The maximum Gasteiger partial charge on any atom is 0.266 e. The molecule has 5 nitrogen and oxygen atoms in total. The normalized spacial score (nSPS) is 10.8. The highest BCUT2D eigenvalue weighted by Gasteiger charge is 2.17. The van der Waals surface area contributed by atoms with E-state index in [9.17, 15) is 9.59 Å². The van der Waals surface area contributed by atoms with E-state index in [4.69, 9.17) is 0 Å². The molecule has 1 N–H and O–H groups in total. The van der Waals surface area contributed by atoms with Gasteiger partial charge in [0.15, 0.2) is 0 Å². The average molecular weight is 276 g/mol. The van der Waals surface area contributed by atoms with Crippen LogP contribution >= 0.6 is 0 Å². The molecule has 0 aliphatic heterocycles. The van der Waals surface area contributed by atoms with Crippen molar-refractivity contribution in [2.75, 3.05) is 32.6 Å². The predicted octanol–water partition coefficient (Wildman–Crippen LogP) is 1.33. The summed E-state index contributed by atoms with van der Waals surface area (Å²) in [6.07, 6.45) is 1.49. The van der Waals surface area contributed by atoms with Gasteiger partial charge in [0.1, 0.15) is 0 Å². The fraction of sp³-hybridized carbons (Fsp3) is 0.333. The van der Waals surface area contributed by atoms with E-state index in [1.807, 2.05) is 51.5 Å². The highest BCUT2D eigenvalue weighted by atomic mass is 16.2. The highest BCUT2D eigenvalue weighted by Crippen LogP contribution is 2.14. The zero-order valence-corrected chi connectivity index (χ0v) is 12.3. The van der Waals surface area contributed by atoms with E-state index in [0.29, 0.717) is 11.1 Å². The van der Waals surface area contributed by atoms with Crippen molar-refractivity contribution in [3.05, 3.63) is 43.0 Å². The molecule has 0 bridgehead atoms. The van der Waals surface area contributed by atoms with Crippen molar-refractivity contribution in [1.82, 2.24) is 5.43 Å². The van der Waals surface area contributed by atoms with E-state index >= 15 is 0 Å². The summed E-state index contributed by atoms with van der Waals surface area (Å²) in [7, 11) is 5.59. The monoisotopic (exact) mass is 276 g/mol. The number of rotatable bonds is 6. The van der Waals surface area contributed by atoms with Crippen LogP contribution in [0.4, 0.5) is 5.69 Å². The van der Waals surface area contributed by atoms with Crippen molar-refractivity contribution in [3.8, 4) is 0 Å². The number of hydrogen-bond acceptors (Lipinski definition) is 2. The Kier molecular flexibility index (Phi) is 5.46. The van der Waals surface area contributed by atoms with Crippen LogP contribution < -0.4 is 10.3 Å². The third-order valence-electron chi connectivity index (χ3n) is 2.53. The largest absolute Gasteiger partial charge is 0.308 e. The number of para-hydroxylation sites is 1. The molecule has 1 aromatic rings. The van der Waals surface area contributed by atoms with Crippen LogP contribution in [0.25, 0.3) is 0 Å². The maximum atomic E-state index is 11.9. The number of nitrogens with one attached hydrogen (secondary N) is 1. The van der Waals surface area contributed by atoms with Crippen LogP contribution in [-0.2, 0) is 9.59 Å². The van der Waals surface area contributed by atoms with Gasteiger partial charge in [-0.05, 0) is 18.2 Å². The number of carbonyl (C=O) groups excluding carboxylic acids is 2. The molecule has 0 atom stereocenters. The van der Waals surface area contributed by atoms with E-state index in [1.54, 1.807) is 4.90 Å². The quantitative estimate of drug-likeness (QED) is 0.484. The molecule has 0 heterocycles. The number of quaternary nitrogens is 1. The number of anilines is 1. The van der Waals surface area contributed by atoms with Gasteiger partial charge < -0.3 is 4.90 Å². The van der Waals surface area contributed by atoms with Gasteiger partial charge in [-0.1, -0.05) is 24.8 Å². The molecule has 1 aromatic carbocycles. The molecule has 0 aliphatic rings. The SMILES string of the molecule is C=CC(=O)N(CCC(=O)N[N+](C)(C)C)c1ccccc1. The lowest BCUT2D eigenvalue weighted by Crippen LogP contribution is -2.51. The van der Waals surface area contributed by atoms with Crippen LogP contribution in [0.1, 0.15) is 6.42 Å². The zero-order chi connectivity index (χ0) is 15.2. The standard InChI is InChI=1S/C15H21N3O2/c1-5-15(20)17(13-9-7-6-8-10-13)12-11-14(19)16-18(2,3)4/h5-10H,1,11-12H2,2-4H3/p+1. The third-order valence-corrected chi connectivity index (χ3v) is 2.53. The third kappa shape index (κ3) is 5.24. The molecule has 5 heteroatoms. The minimum Gasteiger partial charge on any atom is -0.308 e. The molecule has 108 valence electrons. The number of nitrogens with zero attached hydrogens (tertiary/aromatic N) is 2. The van der Waals surface area contributed by atoms with Crippen LogP contribution in [0.2, 0.25) is 0 Å². The van der Waals surface area contributed by atoms with Gasteiger partial charge >= 0.3 is 0 Å². The second kappa shape index (κ2) is 6.86. The maximum absolute atomic E-state index is 11.9. The molecule has 0 aromatic heterocycles. The van der Waals surface area contributed by atoms with Crippen LogP contribution in [-0.4, -0.2) is 44.1 Å². The Labute approximate surface area is 120 Å². The Morgan fingerprint density at radius 3 is 2.35 bits per heavy atom. The number of carbonyl (C=O) groups is 2. The van der Waals surface area contributed by atoms with Crippen molar-refractivity contribution in [2.24, 2.45) is 0 Å². The fourth-order valence-electron chi connectivity index (χ4n) is 1.73. The van der Waals surface area contributed by atoms with E-state index in [-0.39, 0.29) is 18.2 Å². The lowest BCUT2D eigenvalue weighted by Gasteiger charge is -2.25. The number of hydrogen-bond donors (Lipinski definition) is 1. The molecule has 0 saturated carbocycles. The number of benzene rings is 1. The van der Waals surface area contributed by atoms with Crippen molar-refractivity contribution in [3.63, 3.8) is 0 Å². The molecule has 0 unspecified atom stereocenters. The molecule has 2 amide bonds. The van der Waals surface area contributed by atoms with Gasteiger partial charge in [-0.3, -0.25) is 9.59 Å². The Hall–Kier alpha value is -2.14. The molecule has 0 spiro atoms. The fourth-order valence-corrected chi connectivity index (χ4v) is 1.73. The van der Waals surface area contributed by atoms with Gasteiger partial charge in [0.2, 0.25) is 5.91 Å². The topological polar surface area (TPSA) is 49.4 Å². The first kappa shape index (κ1) is 15.9. The first-order valence-corrected chi connectivity index (χ1v) is 6.45. The van der Waals surface area contributed by atoms with Crippen LogP contribution in [0.15, 0.2) is 43.0 Å². The van der Waals surface area contributed by atoms with Gasteiger partial charge in [-0.2, -0.15) is 0 Å². The Balaban J connectivity index is 2.70. The Bertz CT molecular complexity index is 478. The van der Waals surface area contributed by atoms with Crippen molar-refractivity contribution in [2.45, 2.75) is 6.42 Å². The first-order valence-electron chi connectivity index (χ1n) is 6.45. The van der Waals surface area contributed by atoms with Gasteiger partial charge in [0.25, 0.3) is 5.91 Å². The van der Waals surface area contributed by atoms with Gasteiger partial charge in [0.05, 0.1) is 21.1 Å². The molecule has 20 heavy (non-hydrogen) atoms. The van der Waals surface area contributed by atoms with Crippen molar-refractivity contribution >= 4 is 17.5 Å². The van der Waals surface area contributed by atoms with E-state index in [1.165, 1.54) is 6.08 Å². The van der Waals surface area contributed by atoms with E-state index in [2.05, 4.69) is 12.0 Å². The van der Waals surface area contributed by atoms with Crippen LogP contribution in [0.5, 0.6) is 0 Å². The molecular formula is C15H22N3O2+.